The molecule has 0 aliphatic carbocycles. The highest BCUT2D eigenvalue weighted by atomic mass is 19.2. The summed E-state index contributed by atoms with van der Waals surface area (Å²) in [6.45, 7) is 8.23. The van der Waals surface area contributed by atoms with Crippen molar-refractivity contribution in [2.75, 3.05) is 37.6 Å². The van der Waals surface area contributed by atoms with Crippen molar-refractivity contribution in [2.24, 2.45) is 5.92 Å². The van der Waals surface area contributed by atoms with E-state index in [1.807, 2.05) is 19.9 Å². The van der Waals surface area contributed by atoms with Gasteiger partial charge in [0.2, 0.25) is 0 Å². The third-order valence-corrected chi connectivity index (χ3v) is 7.27. The van der Waals surface area contributed by atoms with Crippen molar-refractivity contribution in [3.8, 4) is 0 Å². The number of nitrogens with zero attached hydrogens (tertiary/aromatic N) is 3. The minimum Gasteiger partial charge on any atom is -0.365 e. The average Bonchev–Trinajstić information content (AvgIpc) is 2.83. The van der Waals surface area contributed by atoms with Crippen LogP contribution in [0.3, 0.4) is 0 Å². The standard InChI is InChI=1S/C27H35F3N4O/c1-19-16-33(26-15-24(29)23(28)14-25(26)30)17-20(2)34(19)27(35)31-11-8-21-9-12-32(13-10-21)18-22-6-4-3-5-7-22/h3-7,14-15,19-21H,8-13,16-18H2,1-2H3,(H,31,35)/t19-,20+. The summed E-state index contributed by atoms with van der Waals surface area (Å²) in [4.78, 5) is 18.9. The predicted octanol–water partition coefficient (Wildman–Crippen LogP) is 5.01. The van der Waals surface area contributed by atoms with Crippen LogP contribution in [0.15, 0.2) is 42.5 Å². The summed E-state index contributed by atoms with van der Waals surface area (Å²) in [7, 11) is 0. The van der Waals surface area contributed by atoms with Crippen LogP contribution in [0.2, 0.25) is 0 Å². The number of piperidine rings is 1. The molecule has 2 aliphatic heterocycles. The summed E-state index contributed by atoms with van der Waals surface area (Å²) in [5.41, 5.74) is 1.37. The van der Waals surface area contributed by atoms with Gasteiger partial charge >= 0.3 is 6.03 Å². The molecular weight excluding hydrogens is 453 g/mol. The van der Waals surface area contributed by atoms with Gasteiger partial charge < -0.3 is 15.1 Å². The van der Waals surface area contributed by atoms with Crippen LogP contribution < -0.4 is 10.2 Å². The second-order valence-corrected chi connectivity index (χ2v) is 9.95. The van der Waals surface area contributed by atoms with Gasteiger partial charge in [-0.05, 0) is 57.7 Å². The Morgan fingerprint density at radius 1 is 0.943 bits per heavy atom. The topological polar surface area (TPSA) is 38.8 Å². The summed E-state index contributed by atoms with van der Waals surface area (Å²) in [6, 6.07) is 11.5. The molecule has 2 aromatic rings. The lowest BCUT2D eigenvalue weighted by atomic mass is 9.93. The number of amides is 2. The fourth-order valence-electron chi connectivity index (χ4n) is 5.42. The highest BCUT2D eigenvalue weighted by Crippen LogP contribution is 2.27. The molecule has 0 aromatic heterocycles. The van der Waals surface area contributed by atoms with Gasteiger partial charge in [-0.3, -0.25) is 4.90 Å². The molecule has 0 bridgehead atoms. The van der Waals surface area contributed by atoms with Crippen LogP contribution >= 0.6 is 0 Å². The number of urea groups is 1. The molecule has 1 N–H and O–H groups in total. The van der Waals surface area contributed by atoms with Gasteiger partial charge in [-0.1, -0.05) is 30.3 Å². The Bertz CT molecular complexity index is 985. The molecular formula is C27H35F3N4O. The summed E-state index contributed by atoms with van der Waals surface area (Å²) in [5.74, 6) is -2.47. The fourth-order valence-corrected chi connectivity index (χ4v) is 5.42. The molecule has 8 heteroatoms. The monoisotopic (exact) mass is 488 g/mol. The molecule has 2 fully saturated rings. The number of nitrogens with one attached hydrogen (secondary N) is 1. The first-order valence-corrected chi connectivity index (χ1v) is 12.5. The van der Waals surface area contributed by atoms with Gasteiger partial charge in [0.1, 0.15) is 5.82 Å². The molecule has 0 saturated carbocycles. The summed E-state index contributed by atoms with van der Waals surface area (Å²) in [5, 5.41) is 3.07. The van der Waals surface area contributed by atoms with Gasteiger partial charge in [0, 0.05) is 50.4 Å². The lowest BCUT2D eigenvalue weighted by Gasteiger charge is -2.45. The maximum absolute atomic E-state index is 14.3. The molecule has 35 heavy (non-hydrogen) atoms. The maximum Gasteiger partial charge on any atom is 0.318 e. The Balaban J connectivity index is 1.21. The molecule has 5 nitrogen and oxygen atoms in total. The second kappa shape index (κ2) is 11.3. The minimum atomic E-state index is -1.20. The Morgan fingerprint density at radius 2 is 1.57 bits per heavy atom. The Labute approximate surface area is 205 Å². The zero-order valence-electron chi connectivity index (χ0n) is 20.5. The van der Waals surface area contributed by atoms with E-state index in [0.29, 0.717) is 31.6 Å². The van der Waals surface area contributed by atoms with E-state index in [1.165, 1.54) is 5.56 Å². The number of hydrogen-bond acceptors (Lipinski definition) is 3. The van der Waals surface area contributed by atoms with Crippen LogP contribution in [0, 0.1) is 23.4 Å². The molecule has 2 aromatic carbocycles. The van der Waals surface area contributed by atoms with E-state index in [-0.39, 0.29) is 23.8 Å². The summed E-state index contributed by atoms with van der Waals surface area (Å²) in [6.07, 6.45) is 3.22. The van der Waals surface area contributed by atoms with Crippen LogP contribution in [-0.2, 0) is 6.54 Å². The van der Waals surface area contributed by atoms with Gasteiger partial charge in [-0.2, -0.15) is 0 Å². The van der Waals surface area contributed by atoms with Crippen LogP contribution in [-0.4, -0.2) is 60.6 Å². The third kappa shape index (κ3) is 6.28. The number of likely N-dealkylation sites (tertiary alicyclic amines) is 1. The third-order valence-electron chi connectivity index (χ3n) is 7.27. The number of carbonyl (C=O) groups excluding carboxylic acids is 1. The number of carbonyl (C=O) groups is 1. The molecule has 0 radical (unpaired) electrons. The Morgan fingerprint density at radius 3 is 2.23 bits per heavy atom. The largest absolute Gasteiger partial charge is 0.365 e. The van der Waals surface area contributed by atoms with Crippen LogP contribution in [0.25, 0.3) is 0 Å². The summed E-state index contributed by atoms with van der Waals surface area (Å²) >= 11 is 0. The van der Waals surface area contributed by atoms with Crippen molar-refractivity contribution in [3.63, 3.8) is 0 Å². The first kappa shape index (κ1) is 25.4. The number of halogens is 3. The highest BCUT2D eigenvalue weighted by Gasteiger charge is 2.34. The molecule has 0 unspecified atom stereocenters. The molecule has 4 rings (SSSR count). The van der Waals surface area contributed by atoms with E-state index in [0.717, 1.165) is 45.0 Å². The van der Waals surface area contributed by atoms with Crippen molar-refractivity contribution >= 4 is 11.7 Å². The lowest BCUT2D eigenvalue weighted by molar-refractivity contribution is 0.139. The predicted molar refractivity (Wildman–Crippen MR) is 132 cm³/mol. The second-order valence-electron chi connectivity index (χ2n) is 9.95. The molecule has 2 amide bonds. The van der Waals surface area contributed by atoms with Crippen molar-refractivity contribution < 1.29 is 18.0 Å². The van der Waals surface area contributed by atoms with E-state index >= 15 is 0 Å². The van der Waals surface area contributed by atoms with Crippen molar-refractivity contribution in [1.82, 2.24) is 15.1 Å². The van der Waals surface area contributed by atoms with E-state index in [4.69, 9.17) is 0 Å². The zero-order valence-corrected chi connectivity index (χ0v) is 20.5. The van der Waals surface area contributed by atoms with E-state index in [2.05, 4.69) is 34.5 Å². The van der Waals surface area contributed by atoms with Gasteiger partial charge in [0.05, 0.1) is 5.69 Å². The molecule has 2 aliphatic rings. The first-order chi connectivity index (χ1) is 16.8. The molecule has 0 spiro atoms. The van der Waals surface area contributed by atoms with Crippen molar-refractivity contribution in [1.29, 1.82) is 0 Å². The number of hydrogen-bond donors (Lipinski definition) is 1. The number of anilines is 1. The minimum absolute atomic E-state index is 0.0289. The molecule has 190 valence electrons. The SMILES string of the molecule is C[C@@H]1CN(c2cc(F)c(F)cc2F)C[C@H](C)N1C(=O)NCCC1CCN(Cc2ccccc2)CC1. The van der Waals surface area contributed by atoms with Crippen LogP contribution in [0.1, 0.15) is 38.7 Å². The van der Waals surface area contributed by atoms with E-state index in [1.54, 1.807) is 9.80 Å². The number of benzene rings is 2. The van der Waals surface area contributed by atoms with Gasteiger partial charge in [0.15, 0.2) is 11.6 Å². The quantitative estimate of drug-likeness (QED) is 0.581. The van der Waals surface area contributed by atoms with Gasteiger partial charge in [-0.25, -0.2) is 18.0 Å². The molecule has 2 atom stereocenters. The normalized spacial score (nSPS) is 21.9. The summed E-state index contributed by atoms with van der Waals surface area (Å²) < 4.78 is 41.2. The number of piperazine rings is 1. The smallest absolute Gasteiger partial charge is 0.318 e. The van der Waals surface area contributed by atoms with E-state index in [9.17, 15) is 18.0 Å². The average molecular weight is 489 g/mol. The van der Waals surface area contributed by atoms with Crippen LogP contribution in [0.4, 0.5) is 23.7 Å². The van der Waals surface area contributed by atoms with Crippen molar-refractivity contribution in [2.45, 2.75) is 51.7 Å². The van der Waals surface area contributed by atoms with Crippen LogP contribution in [0.5, 0.6) is 0 Å². The maximum atomic E-state index is 14.3. The highest BCUT2D eigenvalue weighted by molar-refractivity contribution is 5.75. The van der Waals surface area contributed by atoms with Gasteiger partial charge in [-0.15, -0.1) is 0 Å². The molecule has 2 saturated heterocycles. The fraction of sp³-hybridized carbons (Fsp3) is 0.519. The Hall–Kier alpha value is -2.74. The number of rotatable bonds is 6. The lowest BCUT2D eigenvalue weighted by Crippen LogP contribution is -2.61. The Kier molecular flexibility index (Phi) is 8.21. The van der Waals surface area contributed by atoms with Crippen molar-refractivity contribution in [3.05, 3.63) is 65.5 Å². The molecule has 2 heterocycles. The van der Waals surface area contributed by atoms with Gasteiger partial charge in [0.25, 0.3) is 0 Å². The van der Waals surface area contributed by atoms with E-state index < -0.39 is 17.5 Å². The first-order valence-electron chi connectivity index (χ1n) is 12.5. The zero-order chi connectivity index (χ0) is 24.9.